The number of para-hydroxylation sites is 1. The topological polar surface area (TPSA) is 128 Å². The molecule has 0 spiro atoms. The minimum absolute atomic E-state index is 0.0367. The molecule has 0 aliphatic rings. The molecule has 9 nitrogen and oxygen atoms in total. The average molecular weight is 460 g/mol. The van der Waals surface area contributed by atoms with Crippen LogP contribution in [0.2, 0.25) is 5.02 Å². The second-order valence-corrected chi connectivity index (χ2v) is 8.02. The molecule has 0 heterocycles. The number of halogens is 1. The number of nitrogens with zero attached hydrogens (tertiary/aromatic N) is 2. The van der Waals surface area contributed by atoms with Crippen molar-refractivity contribution >= 4 is 39.5 Å². The van der Waals surface area contributed by atoms with Crippen LogP contribution in [0, 0.1) is 10.1 Å². The Morgan fingerprint density at radius 1 is 1.03 bits per heavy atom. The van der Waals surface area contributed by atoms with Crippen LogP contribution in [0.3, 0.4) is 0 Å². The van der Waals surface area contributed by atoms with Gasteiger partial charge >= 0.3 is 10.1 Å². The van der Waals surface area contributed by atoms with Crippen molar-refractivity contribution in [3.05, 3.63) is 99.1 Å². The first-order chi connectivity index (χ1) is 14.8. The maximum absolute atomic E-state index is 12.5. The van der Waals surface area contributed by atoms with E-state index in [1.807, 2.05) is 0 Å². The van der Waals surface area contributed by atoms with Crippen LogP contribution in [0.1, 0.15) is 15.9 Å². The summed E-state index contributed by atoms with van der Waals surface area (Å²) >= 11 is 5.78. The van der Waals surface area contributed by atoms with Crippen molar-refractivity contribution in [2.45, 2.75) is 4.90 Å². The number of non-ortho nitro benzene ring substituents is 1. The van der Waals surface area contributed by atoms with E-state index in [1.54, 1.807) is 30.3 Å². The largest absolute Gasteiger partial charge is 0.378 e. The number of nitrogens with one attached hydrogen (secondary N) is 1. The molecule has 3 rings (SSSR count). The number of nitro groups is 1. The second kappa shape index (κ2) is 9.37. The predicted octanol–water partition coefficient (Wildman–Crippen LogP) is 3.78. The molecule has 0 fully saturated rings. The molecule has 0 saturated heterocycles. The molecule has 0 aromatic heterocycles. The number of benzene rings is 3. The smallest absolute Gasteiger partial charge is 0.339 e. The number of hydrogen-bond acceptors (Lipinski definition) is 7. The van der Waals surface area contributed by atoms with E-state index in [1.165, 1.54) is 24.4 Å². The summed E-state index contributed by atoms with van der Waals surface area (Å²) in [7, 11) is -4.25. The summed E-state index contributed by atoms with van der Waals surface area (Å²) in [6.45, 7) is 0. The minimum Gasteiger partial charge on any atom is -0.378 e. The molecule has 0 aliphatic carbocycles. The van der Waals surface area contributed by atoms with Gasteiger partial charge in [-0.05, 0) is 48.5 Å². The Labute approximate surface area is 182 Å². The highest BCUT2D eigenvalue weighted by molar-refractivity contribution is 7.87. The molecule has 0 bridgehead atoms. The number of carbonyl (C=O) groups is 1. The van der Waals surface area contributed by atoms with Gasteiger partial charge in [-0.15, -0.1) is 0 Å². The lowest BCUT2D eigenvalue weighted by Crippen LogP contribution is -2.17. The van der Waals surface area contributed by atoms with Crippen LogP contribution < -0.4 is 9.61 Å². The van der Waals surface area contributed by atoms with Crippen molar-refractivity contribution in [1.82, 2.24) is 5.43 Å². The highest BCUT2D eigenvalue weighted by atomic mass is 35.5. The molecule has 0 saturated carbocycles. The summed E-state index contributed by atoms with van der Waals surface area (Å²) in [5.74, 6) is -0.518. The lowest BCUT2D eigenvalue weighted by molar-refractivity contribution is -0.384. The molecule has 0 unspecified atom stereocenters. The van der Waals surface area contributed by atoms with E-state index in [4.69, 9.17) is 15.8 Å². The monoisotopic (exact) mass is 459 g/mol. The Kier molecular flexibility index (Phi) is 6.63. The van der Waals surface area contributed by atoms with E-state index in [0.29, 0.717) is 10.6 Å². The Bertz CT molecular complexity index is 1240. The number of rotatable bonds is 7. The highest BCUT2D eigenvalue weighted by Gasteiger charge is 2.19. The number of hydrogen-bond donors (Lipinski definition) is 1. The van der Waals surface area contributed by atoms with Crippen molar-refractivity contribution in [1.29, 1.82) is 0 Å². The summed E-state index contributed by atoms with van der Waals surface area (Å²) in [5.41, 5.74) is 2.70. The van der Waals surface area contributed by atoms with Gasteiger partial charge in [0, 0.05) is 28.3 Å². The summed E-state index contributed by atoms with van der Waals surface area (Å²) in [6, 6.07) is 16.6. The molecular formula is C20H14ClN3O6S. The zero-order chi connectivity index (χ0) is 22.4. The molecule has 158 valence electrons. The second-order valence-electron chi connectivity index (χ2n) is 6.03. The van der Waals surface area contributed by atoms with E-state index in [9.17, 15) is 23.3 Å². The minimum atomic E-state index is -4.25. The number of amides is 1. The fraction of sp³-hybridized carbons (Fsp3) is 0. The first kappa shape index (κ1) is 21.9. The van der Waals surface area contributed by atoms with Crippen molar-refractivity contribution in [3.63, 3.8) is 0 Å². The van der Waals surface area contributed by atoms with E-state index in [2.05, 4.69) is 10.5 Å². The first-order valence-corrected chi connectivity index (χ1v) is 10.4. The summed E-state index contributed by atoms with van der Waals surface area (Å²) < 4.78 is 30.2. The van der Waals surface area contributed by atoms with Crippen LogP contribution in [0.25, 0.3) is 0 Å². The standard InChI is InChI=1S/C20H14ClN3O6S/c21-16-7-5-14(6-8-16)20(25)23-22-13-15-3-1-2-4-19(15)30-31(28,29)18-11-9-17(10-12-18)24(26)27/h1-13H,(H,23,25)/b22-13-. The summed E-state index contributed by atoms with van der Waals surface area (Å²) in [5, 5.41) is 15.0. The third kappa shape index (κ3) is 5.65. The highest BCUT2D eigenvalue weighted by Crippen LogP contribution is 2.23. The molecule has 11 heteroatoms. The van der Waals surface area contributed by atoms with Crippen molar-refractivity contribution in [3.8, 4) is 5.75 Å². The summed E-state index contributed by atoms with van der Waals surface area (Å²) in [6.07, 6.45) is 1.23. The molecule has 1 amide bonds. The third-order valence-electron chi connectivity index (χ3n) is 3.93. The zero-order valence-electron chi connectivity index (χ0n) is 15.6. The van der Waals surface area contributed by atoms with Crippen LogP contribution >= 0.6 is 11.6 Å². The fourth-order valence-electron chi connectivity index (χ4n) is 2.39. The Morgan fingerprint density at radius 2 is 1.68 bits per heavy atom. The molecule has 1 N–H and O–H groups in total. The van der Waals surface area contributed by atoms with Crippen LogP contribution in [-0.4, -0.2) is 25.5 Å². The van der Waals surface area contributed by atoms with Crippen LogP contribution in [-0.2, 0) is 10.1 Å². The Balaban J connectivity index is 1.75. The first-order valence-electron chi connectivity index (χ1n) is 8.63. The Morgan fingerprint density at radius 3 is 2.32 bits per heavy atom. The summed E-state index contributed by atoms with van der Waals surface area (Å²) in [4.78, 5) is 21.9. The molecule has 0 aliphatic heterocycles. The number of carbonyl (C=O) groups excluding carboxylic acids is 1. The van der Waals surface area contributed by atoms with Gasteiger partial charge in [0.15, 0.2) is 5.75 Å². The van der Waals surface area contributed by atoms with Crippen molar-refractivity contribution < 1.29 is 22.3 Å². The lowest BCUT2D eigenvalue weighted by Gasteiger charge is -2.09. The molecule has 3 aromatic rings. The van der Waals surface area contributed by atoms with E-state index >= 15 is 0 Å². The zero-order valence-corrected chi connectivity index (χ0v) is 17.2. The van der Waals surface area contributed by atoms with E-state index in [-0.39, 0.29) is 21.9 Å². The van der Waals surface area contributed by atoms with Gasteiger partial charge in [0.2, 0.25) is 0 Å². The molecule has 0 atom stereocenters. The molecule has 3 aromatic carbocycles. The predicted molar refractivity (Wildman–Crippen MR) is 114 cm³/mol. The lowest BCUT2D eigenvalue weighted by atomic mass is 10.2. The van der Waals surface area contributed by atoms with Gasteiger partial charge in [0.25, 0.3) is 11.6 Å². The molecule has 31 heavy (non-hydrogen) atoms. The normalized spacial score (nSPS) is 11.3. The van der Waals surface area contributed by atoms with E-state index < -0.39 is 20.9 Å². The Hall–Kier alpha value is -3.76. The van der Waals surface area contributed by atoms with Crippen LogP contribution in [0.4, 0.5) is 5.69 Å². The van der Waals surface area contributed by atoms with Crippen LogP contribution in [0.5, 0.6) is 5.75 Å². The van der Waals surface area contributed by atoms with E-state index in [0.717, 1.165) is 24.3 Å². The fourth-order valence-corrected chi connectivity index (χ4v) is 3.47. The molecular weight excluding hydrogens is 446 g/mol. The van der Waals surface area contributed by atoms with Gasteiger partial charge in [-0.1, -0.05) is 23.7 Å². The van der Waals surface area contributed by atoms with Gasteiger partial charge in [-0.25, -0.2) is 5.43 Å². The SMILES string of the molecule is O=C(N/N=C\c1ccccc1OS(=O)(=O)c1ccc([N+](=O)[O-])cc1)c1ccc(Cl)cc1. The average Bonchev–Trinajstić information content (AvgIpc) is 2.75. The maximum Gasteiger partial charge on any atom is 0.339 e. The van der Waals surface area contributed by atoms with Crippen molar-refractivity contribution in [2.75, 3.05) is 0 Å². The molecule has 0 radical (unpaired) electrons. The number of nitro benzene ring substituents is 1. The third-order valence-corrected chi connectivity index (χ3v) is 5.43. The van der Waals surface area contributed by atoms with Gasteiger partial charge < -0.3 is 4.18 Å². The quantitative estimate of drug-likeness (QED) is 0.248. The van der Waals surface area contributed by atoms with Gasteiger partial charge in [-0.2, -0.15) is 13.5 Å². The van der Waals surface area contributed by atoms with Crippen molar-refractivity contribution in [2.24, 2.45) is 5.10 Å². The van der Waals surface area contributed by atoms with Gasteiger partial charge in [0.05, 0.1) is 11.1 Å². The number of hydrazone groups is 1. The van der Waals surface area contributed by atoms with Gasteiger partial charge in [0.1, 0.15) is 4.90 Å². The maximum atomic E-state index is 12.5. The van der Waals surface area contributed by atoms with Crippen LogP contribution in [0.15, 0.2) is 82.8 Å². The van der Waals surface area contributed by atoms with Gasteiger partial charge in [-0.3, -0.25) is 14.9 Å².